The normalized spacial score (nSPS) is 11.4. The maximum Gasteiger partial charge on any atom is 0.342 e. The van der Waals surface area contributed by atoms with E-state index >= 15 is 0 Å². The summed E-state index contributed by atoms with van der Waals surface area (Å²) in [6.07, 6.45) is 1.53. The van der Waals surface area contributed by atoms with Gasteiger partial charge in [0.15, 0.2) is 5.78 Å². The number of nitrogens with one attached hydrogen (secondary N) is 1. The van der Waals surface area contributed by atoms with Crippen molar-refractivity contribution in [3.05, 3.63) is 106 Å². The second-order valence-electron chi connectivity index (χ2n) is 7.24. The SMILES string of the molecule is CCOC(=O)/C(=C/c1c(-c2ccccc2)[nH]c2ccccc12)C(=O)c1ccc([N+](=O)[O-])cc1. The Balaban J connectivity index is 1.89. The Kier molecular flexibility index (Phi) is 6.13. The Bertz CT molecular complexity index is 1370. The van der Waals surface area contributed by atoms with E-state index in [9.17, 15) is 19.7 Å². The topological polar surface area (TPSA) is 102 Å². The van der Waals surface area contributed by atoms with Gasteiger partial charge in [0.25, 0.3) is 5.69 Å². The van der Waals surface area contributed by atoms with E-state index in [0.29, 0.717) is 5.56 Å². The first kappa shape index (κ1) is 21.7. The van der Waals surface area contributed by atoms with E-state index in [-0.39, 0.29) is 23.4 Å². The number of Topliss-reactive ketones (excluding diaryl/α,β-unsaturated/α-hetero) is 1. The van der Waals surface area contributed by atoms with Crippen molar-refractivity contribution in [2.75, 3.05) is 6.61 Å². The highest BCUT2D eigenvalue weighted by molar-refractivity contribution is 6.27. The van der Waals surface area contributed by atoms with E-state index in [1.54, 1.807) is 6.92 Å². The van der Waals surface area contributed by atoms with E-state index < -0.39 is 16.7 Å². The smallest absolute Gasteiger partial charge is 0.342 e. The van der Waals surface area contributed by atoms with E-state index in [1.807, 2.05) is 54.6 Å². The lowest BCUT2D eigenvalue weighted by molar-refractivity contribution is -0.384. The minimum absolute atomic E-state index is 0.100. The first-order valence-electron chi connectivity index (χ1n) is 10.3. The highest BCUT2D eigenvalue weighted by Crippen LogP contribution is 2.32. The van der Waals surface area contributed by atoms with Gasteiger partial charge in [0.05, 0.1) is 17.2 Å². The number of aromatic nitrogens is 1. The van der Waals surface area contributed by atoms with Gasteiger partial charge in [-0.3, -0.25) is 14.9 Å². The average Bonchev–Trinajstić information content (AvgIpc) is 3.21. The molecule has 0 aliphatic carbocycles. The molecule has 0 atom stereocenters. The highest BCUT2D eigenvalue weighted by atomic mass is 16.6. The Morgan fingerprint density at radius 1 is 0.970 bits per heavy atom. The van der Waals surface area contributed by atoms with Crippen molar-refractivity contribution in [2.24, 2.45) is 0 Å². The molecule has 1 N–H and O–H groups in total. The third-order valence-electron chi connectivity index (χ3n) is 5.18. The predicted octanol–water partition coefficient (Wildman–Crippen LogP) is 5.57. The second kappa shape index (κ2) is 9.32. The summed E-state index contributed by atoms with van der Waals surface area (Å²) in [5.74, 6) is -1.34. The third kappa shape index (κ3) is 4.43. The monoisotopic (exact) mass is 440 g/mol. The van der Waals surface area contributed by atoms with Gasteiger partial charge in [0.2, 0.25) is 0 Å². The molecule has 4 rings (SSSR count). The summed E-state index contributed by atoms with van der Waals surface area (Å²) in [6.45, 7) is 1.76. The average molecular weight is 440 g/mol. The van der Waals surface area contributed by atoms with Gasteiger partial charge >= 0.3 is 5.97 Å². The molecule has 33 heavy (non-hydrogen) atoms. The van der Waals surface area contributed by atoms with Crippen LogP contribution in [-0.4, -0.2) is 28.3 Å². The number of carbonyl (C=O) groups excluding carboxylic acids is 2. The van der Waals surface area contributed by atoms with E-state index in [4.69, 9.17) is 4.74 Å². The maximum atomic E-state index is 13.3. The number of aromatic amines is 1. The number of fused-ring (bicyclic) bond motifs is 1. The summed E-state index contributed by atoms with van der Waals surface area (Å²) in [5.41, 5.74) is 3.04. The number of ketones is 1. The number of hydrogen-bond acceptors (Lipinski definition) is 5. The number of ether oxygens (including phenoxy) is 1. The first-order valence-corrected chi connectivity index (χ1v) is 10.3. The van der Waals surface area contributed by atoms with Crippen LogP contribution in [0.15, 0.2) is 84.4 Å². The number of nitrogens with zero attached hydrogens (tertiary/aromatic N) is 1. The lowest BCUT2D eigenvalue weighted by atomic mass is 9.98. The zero-order valence-electron chi connectivity index (χ0n) is 17.8. The summed E-state index contributed by atoms with van der Waals surface area (Å²) < 4.78 is 5.17. The van der Waals surface area contributed by atoms with Crippen molar-refractivity contribution in [3.8, 4) is 11.3 Å². The van der Waals surface area contributed by atoms with Crippen molar-refractivity contribution in [1.82, 2.24) is 4.98 Å². The molecule has 0 saturated carbocycles. The fourth-order valence-electron chi connectivity index (χ4n) is 3.61. The molecule has 0 amide bonds. The van der Waals surface area contributed by atoms with E-state index in [0.717, 1.165) is 22.2 Å². The predicted molar refractivity (Wildman–Crippen MR) is 126 cm³/mol. The molecular weight excluding hydrogens is 420 g/mol. The Morgan fingerprint density at radius 3 is 2.30 bits per heavy atom. The Morgan fingerprint density at radius 2 is 1.64 bits per heavy atom. The maximum absolute atomic E-state index is 13.3. The van der Waals surface area contributed by atoms with Gasteiger partial charge in [-0.25, -0.2) is 4.79 Å². The second-order valence-corrected chi connectivity index (χ2v) is 7.24. The number of nitro benzene ring substituents is 1. The molecule has 0 saturated heterocycles. The molecule has 0 aliphatic rings. The van der Waals surface area contributed by atoms with Gasteiger partial charge in [-0.1, -0.05) is 48.5 Å². The van der Waals surface area contributed by atoms with Crippen molar-refractivity contribution in [2.45, 2.75) is 6.92 Å². The molecule has 3 aromatic carbocycles. The molecule has 4 aromatic rings. The highest BCUT2D eigenvalue weighted by Gasteiger charge is 2.24. The Hall–Kier alpha value is -4.52. The fraction of sp³-hybridized carbons (Fsp3) is 0.0769. The molecule has 0 bridgehead atoms. The summed E-state index contributed by atoms with van der Waals surface area (Å²) in [5, 5.41) is 11.8. The van der Waals surface area contributed by atoms with Gasteiger partial charge in [0.1, 0.15) is 5.57 Å². The largest absolute Gasteiger partial charge is 0.462 e. The van der Waals surface area contributed by atoms with Crippen molar-refractivity contribution in [3.63, 3.8) is 0 Å². The number of nitro groups is 1. The van der Waals surface area contributed by atoms with Crippen LogP contribution in [0, 0.1) is 10.1 Å². The standard InChI is InChI=1S/C26H20N2O5/c1-2-33-26(30)22(25(29)18-12-14-19(15-13-18)28(31)32)16-21-20-10-6-7-11-23(20)27-24(21)17-8-4-3-5-9-17/h3-16,27H,2H2,1H3/b22-16+. The number of hydrogen-bond donors (Lipinski definition) is 1. The van der Waals surface area contributed by atoms with Crippen LogP contribution in [0.25, 0.3) is 28.2 Å². The van der Waals surface area contributed by atoms with Gasteiger partial charge in [-0.15, -0.1) is 0 Å². The van der Waals surface area contributed by atoms with Crippen LogP contribution in [0.4, 0.5) is 5.69 Å². The molecule has 0 unspecified atom stereocenters. The number of carbonyl (C=O) groups is 2. The molecule has 0 spiro atoms. The van der Waals surface area contributed by atoms with Crippen LogP contribution < -0.4 is 0 Å². The number of para-hydroxylation sites is 1. The zero-order chi connectivity index (χ0) is 23.4. The van der Waals surface area contributed by atoms with Gasteiger partial charge in [-0.05, 0) is 36.8 Å². The lowest BCUT2D eigenvalue weighted by Crippen LogP contribution is -2.16. The van der Waals surface area contributed by atoms with Crippen molar-refractivity contribution >= 4 is 34.4 Å². The lowest BCUT2D eigenvalue weighted by Gasteiger charge is -2.08. The molecule has 1 aromatic heterocycles. The summed E-state index contributed by atoms with van der Waals surface area (Å²) in [6, 6.07) is 22.3. The summed E-state index contributed by atoms with van der Waals surface area (Å²) >= 11 is 0. The van der Waals surface area contributed by atoms with Crippen LogP contribution in [0.3, 0.4) is 0 Å². The molecular formula is C26H20N2O5. The van der Waals surface area contributed by atoms with Crippen LogP contribution in [0.1, 0.15) is 22.8 Å². The molecule has 164 valence electrons. The molecule has 0 fully saturated rings. The quantitative estimate of drug-likeness (QED) is 0.0769. The number of esters is 1. The summed E-state index contributed by atoms with van der Waals surface area (Å²) in [7, 11) is 0. The number of rotatable bonds is 7. The first-order chi connectivity index (χ1) is 16.0. The number of benzene rings is 3. The fourth-order valence-corrected chi connectivity index (χ4v) is 3.61. The van der Waals surface area contributed by atoms with Crippen LogP contribution in [0.2, 0.25) is 0 Å². The van der Waals surface area contributed by atoms with Crippen LogP contribution >= 0.6 is 0 Å². The third-order valence-corrected chi connectivity index (χ3v) is 5.18. The van der Waals surface area contributed by atoms with Crippen molar-refractivity contribution < 1.29 is 19.2 Å². The van der Waals surface area contributed by atoms with Crippen LogP contribution in [0.5, 0.6) is 0 Å². The van der Waals surface area contributed by atoms with E-state index in [1.165, 1.54) is 30.3 Å². The minimum Gasteiger partial charge on any atom is -0.462 e. The molecule has 7 heteroatoms. The Labute approximate surface area is 189 Å². The van der Waals surface area contributed by atoms with Crippen molar-refractivity contribution in [1.29, 1.82) is 0 Å². The van der Waals surface area contributed by atoms with Gasteiger partial charge in [0, 0.05) is 34.2 Å². The van der Waals surface area contributed by atoms with Crippen LogP contribution in [-0.2, 0) is 9.53 Å². The zero-order valence-corrected chi connectivity index (χ0v) is 17.8. The number of non-ortho nitro benzene ring substituents is 1. The molecule has 7 nitrogen and oxygen atoms in total. The minimum atomic E-state index is -0.759. The molecule has 0 radical (unpaired) electrons. The van der Waals surface area contributed by atoms with Gasteiger partial charge < -0.3 is 9.72 Å². The number of H-pyrrole nitrogens is 1. The van der Waals surface area contributed by atoms with Gasteiger partial charge in [-0.2, -0.15) is 0 Å². The van der Waals surface area contributed by atoms with E-state index in [2.05, 4.69) is 4.98 Å². The molecule has 0 aliphatic heterocycles. The summed E-state index contributed by atoms with van der Waals surface area (Å²) in [4.78, 5) is 39.9. The molecule has 1 heterocycles.